The van der Waals surface area contributed by atoms with Gasteiger partial charge in [0, 0.05) is 32.6 Å². The van der Waals surface area contributed by atoms with Gasteiger partial charge in [-0.15, -0.1) is 0 Å². The molecular formula is C22H24N4O3. The zero-order valence-electron chi connectivity index (χ0n) is 16.7. The molecule has 0 aliphatic carbocycles. The molecule has 1 atom stereocenters. The third kappa shape index (κ3) is 2.68. The zero-order chi connectivity index (χ0) is 20.0. The van der Waals surface area contributed by atoms with Crippen molar-refractivity contribution in [2.24, 2.45) is 0 Å². The van der Waals surface area contributed by atoms with Crippen molar-refractivity contribution in [1.82, 2.24) is 14.5 Å². The van der Waals surface area contributed by atoms with E-state index in [0.717, 1.165) is 35.9 Å². The van der Waals surface area contributed by atoms with Gasteiger partial charge in [-0.1, -0.05) is 0 Å². The molecule has 3 aromatic heterocycles. The first-order valence-corrected chi connectivity index (χ1v) is 9.89. The molecule has 29 heavy (non-hydrogen) atoms. The molecule has 1 amide bonds. The van der Waals surface area contributed by atoms with E-state index < -0.39 is 0 Å². The van der Waals surface area contributed by atoms with E-state index in [1.807, 2.05) is 30.2 Å². The molecule has 0 N–H and O–H groups in total. The lowest BCUT2D eigenvalue weighted by Gasteiger charge is -2.47. The van der Waals surface area contributed by atoms with Gasteiger partial charge in [-0.25, -0.2) is 4.98 Å². The summed E-state index contributed by atoms with van der Waals surface area (Å²) in [6, 6.07) is 11.8. The van der Waals surface area contributed by atoms with Crippen LogP contribution in [0.4, 0.5) is 5.69 Å². The fraction of sp³-hybridized carbons (Fsp3) is 0.364. The highest BCUT2D eigenvalue weighted by atomic mass is 16.5. The van der Waals surface area contributed by atoms with Gasteiger partial charge in [0.2, 0.25) is 0 Å². The van der Waals surface area contributed by atoms with Crippen molar-refractivity contribution in [1.29, 1.82) is 0 Å². The van der Waals surface area contributed by atoms with E-state index in [4.69, 9.17) is 9.15 Å². The molecule has 1 fully saturated rings. The highest BCUT2D eigenvalue weighted by molar-refractivity contribution is 5.92. The van der Waals surface area contributed by atoms with E-state index in [1.165, 1.54) is 0 Å². The number of carbonyl (C=O) groups excluding carboxylic acids is 1. The van der Waals surface area contributed by atoms with Crippen molar-refractivity contribution in [3.8, 4) is 5.82 Å². The van der Waals surface area contributed by atoms with Crippen LogP contribution in [0.1, 0.15) is 28.4 Å². The maximum atomic E-state index is 13.1. The fourth-order valence-corrected chi connectivity index (χ4v) is 4.72. The molecule has 0 aromatic carbocycles. The van der Waals surface area contributed by atoms with Crippen LogP contribution in [0.5, 0.6) is 0 Å². The SMILES string of the molecule is COCCN1c2cccnc2-n2cccc2C12CCN(C(=O)c1ccc(C)o1)C2. The van der Waals surface area contributed by atoms with Crippen LogP contribution in [-0.2, 0) is 10.3 Å². The first-order chi connectivity index (χ1) is 14.1. The smallest absolute Gasteiger partial charge is 0.289 e. The summed E-state index contributed by atoms with van der Waals surface area (Å²) >= 11 is 0. The van der Waals surface area contributed by atoms with E-state index in [2.05, 4.69) is 38.8 Å². The van der Waals surface area contributed by atoms with Gasteiger partial charge in [-0.2, -0.15) is 0 Å². The number of methoxy groups -OCH3 is 1. The largest absolute Gasteiger partial charge is 0.456 e. The number of aryl methyl sites for hydroxylation is 1. The molecule has 150 valence electrons. The molecule has 1 spiro atoms. The standard InChI is InChI=1S/C22H24N4O3/c1-16-7-8-18(29-16)21(27)24-12-9-22(15-24)19-6-4-11-25(19)20-17(5-3-10-23-20)26(22)13-14-28-2/h3-8,10-11H,9,12-15H2,1-2H3. The van der Waals surface area contributed by atoms with Crippen LogP contribution in [0.3, 0.4) is 0 Å². The molecule has 2 aliphatic rings. The molecule has 7 heteroatoms. The molecule has 5 heterocycles. The normalized spacial score (nSPS) is 20.2. The molecule has 0 saturated carbocycles. The van der Waals surface area contributed by atoms with Crippen LogP contribution in [0.15, 0.2) is 53.2 Å². The summed E-state index contributed by atoms with van der Waals surface area (Å²) in [6.45, 7) is 4.44. The first-order valence-electron chi connectivity index (χ1n) is 9.89. The van der Waals surface area contributed by atoms with Gasteiger partial charge in [-0.05, 0) is 49.7 Å². The van der Waals surface area contributed by atoms with Gasteiger partial charge in [0.15, 0.2) is 11.6 Å². The van der Waals surface area contributed by atoms with Crippen molar-refractivity contribution in [2.75, 3.05) is 38.3 Å². The summed E-state index contributed by atoms with van der Waals surface area (Å²) in [7, 11) is 1.72. The molecular weight excluding hydrogens is 368 g/mol. The topological polar surface area (TPSA) is 63.7 Å². The third-order valence-electron chi connectivity index (χ3n) is 6.03. The Morgan fingerprint density at radius 1 is 1.28 bits per heavy atom. The Balaban J connectivity index is 1.56. The summed E-state index contributed by atoms with van der Waals surface area (Å²) in [5, 5.41) is 0. The minimum Gasteiger partial charge on any atom is -0.456 e. The summed E-state index contributed by atoms with van der Waals surface area (Å²) in [5.74, 6) is 2.00. The number of ether oxygens (including phenoxy) is 1. The van der Waals surface area contributed by atoms with Crippen LogP contribution < -0.4 is 4.90 Å². The average molecular weight is 392 g/mol. The Bertz CT molecular complexity index is 1060. The quantitative estimate of drug-likeness (QED) is 0.683. The van der Waals surface area contributed by atoms with Crippen molar-refractivity contribution in [2.45, 2.75) is 18.9 Å². The zero-order valence-corrected chi connectivity index (χ0v) is 16.7. The number of furan rings is 1. The Morgan fingerprint density at radius 3 is 2.97 bits per heavy atom. The van der Waals surface area contributed by atoms with E-state index in [-0.39, 0.29) is 11.4 Å². The van der Waals surface area contributed by atoms with Crippen LogP contribution in [0.25, 0.3) is 5.82 Å². The number of rotatable bonds is 4. The highest BCUT2D eigenvalue weighted by Gasteiger charge is 2.51. The third-order valence-corrected chi connectivity index (χ3v) is 6.03. The van der Waals surface area contributed by atoms with Crippen molar-refractivity contribution in [3.05, 3.63) is 66.0 Å². The second-order valence-corrected chi connectivity index (χ2v) is 7.67. The van der Waals surface area contributed by atoms with Gasteiger partial charge in [0.05, 0.1) is 24.5 Å². The minimum absolute atomic E-state index is 0.0586. The van der Waals surface area contributed by atoms with Gasteiger partial charge < -0.3 is 23.5 Å². The summed E-state index contributed by atoms with van der Waals surface area (Å²) in [4.78, 5) is 22.0. The number of carbonyl (C=O) groups is 1. The monoisotopic (exact) mass is 392 g/mol. The number of hydrogen-bond donors (Lipinski definition) is 0. The number of amides is 1. The first kappa shape index (κ1) is 18.0. The number of fused-ring (bicyclic) bond motifs is 4. The molecule has 0 bridgehead atoms. The molecule has 0 radical (unpaired) electrons. The van der Waals surface area contributed by atoms with Crippen LogP contribution in [-0.4, -0.2) is 53.7 Å². The maximum Gasteiger partial charge on any atom is 0.289 e. The molecule has 5 rings (SSSR count). The van der Waals surface area contributed by atoms with E-state index in [1.54, 1.807) is 13.2 Å². The average Bonchev–Trinajstić information content (AvgIpc) is 3.48. The number of likely N-dealkylation sites (tertiary alicyclic amines) is 1. The van der Waals surface area contributed by atoms with Crippen LogP contribution in [0.2, 0.25) is 0 Å². The lowest BCUT2D eigenvalue weighted by Crippen LogP contribution is -2.53. The lowest BCUT2D eigenvalue weighted by atomic mass is 9.89. The van der Waals surface area contributed by atoms with Gasteiger partial charge >= 0.3 is 0 Å². The fourth-order valence-electron chi connectivity index (χ4n) is 4.72. The van der Waals surface area contributed by atoms with Crippen LogP contribution >= 0.6 is 0 Å². The Morgan fingerprint density at radius 2 is 2.17 bits per heavy atom. The van der Waals surface area contributed by atoms with Crippen LogP contribution in [0, 0.1) is 6.92 Å². The van der Waals surface area contributed by atoms with E-state index in [9.17, 15) is 4.79 Å². The second kappa shape index (κ2) is 6.77. The highest BCUT2D eigenvalue weighted by Crippen LogP contribution is 2.47. The van der Waals surface area contributed by atoms with Crippen molar-refractivity contribution >= 4 is 11.6 Å². The minimum atomic E-state index is -0.324. The molecule has 1 unspecified atom stereocenters. The van der Waals surface area contributed by atoms with Gasteiger partial charge in [0.25, 0.3) is 5.91 Å². The predicted octanol–water partition coefficient (Wildman–Crippen LogP) is 2.98. The molecule has 1 saturated heterocycles. The Kier molecular flexibility index (Phi) is 4.20. The van der Waals surface area contributed by atoms with Crippen molar-refractivity contribution < 1.29 is 13.9 Å². The number of pyridine rings is 1. The number of hydrogen-bond acceptors (Lipinski definition) is 5. The molecule has 7 nitrogen and oxygen atoms in total. The lowest BCUT2D eigenvalue weighted by molar-refractivity contribution is 0.0748. The number of aromatic nitrogens is 2. The summed E-state index contributed by atoms with van der Waals surface area (Å²) in [5.41, 5.74) is 1.90. The molecule has 2 aliphatic heterocycles. The Labute approximate surface area is 169 Å². The van der Waals surface area contributed by atoms with E-state index >= 15 is 0 Å². The Hall–Kier alpha value is -3.06. The summed E-state index contributed by atoms with van der Waals surface area (Å²) in [6.07, 6.45) is 4.70. The molecule has 3 aromatic rings. The maximum absolute atomic E-state index is 13.1. The van der Waals surface area contributed by atoms with Gasteiger partial charge in [0.1, 0.15) is 11.3 Å². The van der Waals surface area contributed by atoms with Crippen molar-refractivity contribution in [3.63, 3.8) is 0 Å². The van der Waals surface area contributed by atoms with E-state index in [0.29, 0.717) is 25.5 Å². The van der Waals surface area contributed by atoms with Gasteiger partial charge in [-0.3, -0.25) is 4.79 Å². The summed E-state index contributed by atoms with van der Waals surface area (Å²) < 4.78 is 13.2. The predicted molar refractivity (Wildman–Crippen MR) is 108 cm³/mol. The number of nitrogens with zero attached hydrogens (tertiary/aromatic N) is 4. The second-order valence-electron chi connectivity index (χ2n) is 7.67. The number of anilines is 1.